The molecule has 134 valence electrons. The third-order valence-electron chi connectivity index (χ3n) is 4.27. The predicted octanol–water partition coefficient (Wildman–Crippen LogP) is 1.86. The second-order valence-corrected chi connectivity index (χ2v) is 6.67. The standard InChI is InChI=1S/C16H23F3N4O/c1-22(2)11-15(6-9-23(3)10-7-15)21-14(24)13-12(16(17,18)19)5-4-8-20-13/h4-5,8H,6-7,9-11H2,1-3H3,(H,21,24). The molecule has 1 amide bonds. The molecule has 0 radical (unpaired) electrons. The fraction of sp³-hybridized carbons (Fsp3) is 0.625. The highest BCUT2D eigenvalue weighted by Gasteiger charge is 2.40. The van der Waals surface area contributed by atoms with E-state index in [9.17, 15) is 18.0 Å². The second-order valence-electron chi connectivity index (χ2n) is 6.67. The number of rotatable bonds is 4. The van der Waals surface area contributed by atoms with Crippen LogP contribution in [0, 0.1) is 0 Å². The van der Waals surface area contributed by atoms with E-state index in [1.807, 2.05) is 26.0 Å². The molecule has 0 bridgehead atoms. The van der Waals surface area contributed by atoms with Crippen molar-refractivity contribution in [1.82, 2.24) is 20.1 Å². The summed E-state index contributed by atoms with van der Waals surface area (Å²) < 4.78 is 39.3. The van der Waals surface area contributed by atoms with Crippen molar-refractivity contribution in [3.05, 3.63) is 29.6 Å². The molecule has 1 saturated heterocycles. The smallest absolute Gasteiger partial charge is 0.344 e. The topological polar surface area (TPSA) is 48.5 Å². The van der Waals surface area contributed by atoms with Crippen LogP contribution in [0.1, 0.15) is 28.9 Å². The van der Waals surface area contributed by atoms with Crippen LogP contribution in [-0.2, 0) is 6.18 Å². The molecule has 5 nitrogen and oxygen atoms in total. The molecule has 1 fully saturated rings. The Morgan fingerprint density at radius 3 is 2.54 bits per heavy atom. The van der Waals surface area contributed by atoms with E-state index in [2.05, 4.69) is 15.2 Å². The summed E-state index contributed by atoms with van der Waals surface area (Å²) in [5.74, 6) is -0.769. The van der Waals surface area contributed by atoms with Crippen molar-refractivity contribution in [3.8, 4) is 0 Å². The van der Waals surface area contributed by atoms with Crippen molar-refractivity contribution < 1.29 is 18.0 Å². The van der Waals surface area contributed by atoms with Crippen LogP contribution in [0.5, 0.6) is 0 Å². The molecule has 24 heavy (non-hydrogen) atoms. The summed E-state index contributed by atoms with van der Waals surface area (Å²) in [5.41, 5.74) is -2.12. The van der Waals surface area contributed by atoms with E-state index in [0.29, 0.717) is 19.4 Å². The van der Waals surface area contributed by atoms with Gasteiger partial charge in [0.2, 0.25) is 0 Å². The van der Waals surface area contributed by atoms with Gasteiger partial charge in [-0.3, -0.25) is 9.78 Å². The Bertz CT molecular complexity index is 581. The van der Waals surface area contributed by atoms with Crippen molar-refractivity contribution in [2.45, 2.75) is 24.6 Å². The number of hydrogen-bond donors (Lipinski definition) is 1. The van der Waals surface area contributed by atoms with Gasteiger partial charge < -0.3 is 15.1 Å². The van der Waals surface area contributed by atoms with Gasteiger partial charge >= 0.3 is 6.18 Å². The zero-order valence-electron chi connectivity index (χ0n) is 14.2. The van der Waals surface area contributed by atoms with Crippen LogP contribution in [0.3, 0.4) is 0 Å². The Morgan fingerprint density at radius 1 is 1.38 bits per heavy atom. The zero-order valence-corrected chi connectivity index (χ0v) is 14.2. The van der Waals surface area contributed by atoms with Gasteiger partial charge in [0, 0.05) is 25.8 Å². The first-order valence-electron chi connectivity index (χ1n) is 7.81. The SMILES string of the molecule is CN(C)CC1(NC(=O)c2ncccc2C(F)(F)F)CCN(C)CC1. The van der Waals surface area contributed by atoms with Gasteiger partial charge in [-0.1, -0.05) is 0 Å². The highest BCUT2D eigenvalue weighted by Crippen LogP contribution is 2.31. The molecular formula is C16H23F3N4O. The maximum atomic E-state index is 13.1. The molecule has 1 N–H and O–H groups in total. The van der Waals surface area contributed by atoms with Crippen LogP contribution in [0.25, 0.3) is 0 Å². The lowest BCUT2D eigenvalue weighted by Gasteiger charge is -2.42. The summed E-state index contributed by atoms with van der Waals surface area (Å²) in [6, 6.07) is 2.07. The van der Waals surface area contributed by atoms with Crippen LogP contribution < -0.4 is 5.32 Å². The summed E-state index contributed by atoms with van der Waals surface area (Å²) in [6.07, 6.45) is -2.04. The number of carbonyl (C=O) groups excluding carboxylic acids is 1. The van der Waals surface area contributed by atoms with Crippen molar-refractivity contribution >= 4 is 5.91 Å². The van der Waals surface area contributed by atoms with E-state index in [1.165, 1.54) is 12.3 Å². The number of piperidine rings is 1. The molecule has 0 spiro atoms. The molecule has 1 aliphatic rings. The van der Waals surface area contributed by atoms with Crippen molar-refractivity contribution in [2.24, 2.45) is 0 Å². The highest BCUT2D eigenvalue weighted by molar-refractivity contribution is 5.94. The molecule has 0 unspecified atom stereocenters. The van der Waals surface area contributed by atoms with Crippen LogP contribution >= 0.6 is 0 Å². The molecule has 0 saturated carbocycles. The van der Waals surface area contributed by atoms with Gasteiger partial charge in [0.1, 0.15) is 5.69 Å². The monoisotopic (exact) mass is 344 g/mol. The fourth-order valence-corrected chi connectivity index (χ4v) is 3.09. The molecule has 1 aromatic rings. The third kappa shape index (κ3) is 4.45. The lowest BCUT2D eigenvalue weighted by atomic mass is 9.86. The van der Waals surface area contributed by atoms with Gasteiger partial charge in [-0.25, -0.2) is 0 Å². The molecule has 0 atom stereocenters. The van der Waals surface area contributed by atoms with Crippen molar-refractivity contribution in [1.29, 1.82) is 0 Å². The number of likely N-dealkylation sites (N-methyl/N-ethyl adjacent to an activating group) is 1. The minimum atomic E-state index is -4.61. The van der Waals surface area contributed by atoms with E-state index >= 15 is 0 Å². The average Bonchev–Trinajstić information content (AvgIpc) is 2.49. The Kier molecular flexibility index (Phi) is 5.49. The number of nitrogens with zero attached hydrogens (tertiary/aromatic N) is 3. The number of carbonyl (C=O) groups is 1. The lowest BCUT2D eigenvalue weighted by molar-refractivity contribution is -0.138. The first kappa shape index (κ1) is 18.7. The Hall–Kier alpha value is -1.67. The van der Waals surface area contributed by atoms with Gasteiger partial charge in [0.05, 0.1) is 11.1 Å². The minimum Gasteiger partial charge on any atom is -0.344 e. The normalized spacial score (nSPS) is 18.6. The Morgan fingerprint density at radius 2 is 2.00 bits per heavy atom. The molecule has 1 aliphatic heterocycles. The Balaban J connectivity index is 2.26. The van der Waals surface area contributed by atoms with E-state index in [-0.39, 0.29) is 0 Å². The van der Waals surface area contributed by atoms with Crippen LogP contribution in [-0.4, -0.2) is 67.0 Å². The van der Waals surface area contributed by atoms with Crippen molar-refractivity contribution in [3.63, 3.8) is 0 Å². The number of nitrogens with one attached hydrogen (secondary N) is 1. The molecule has 2 rings (SSSR count). The highest BCUT2D eigenvalue weighted by atomic mass is 19.4. The minimum absolute atomic E-state index is 0.548. The van der Waals surface area contributed by atoms with E-state index in [0.717, 1.165) is 19.2 Å². The maximum absolute atomic E-state index is 13.1. The number of pyridine rings is 1. The molecule has 2 heterocycles. The molecule has 0 aromatic carbocycles. The first-order chi connectivity index (χ1) is 11.1. The van der Waals surface area contributed by atoms with E-state index in [1.54, 1.807) is 0 Å². The number of aromatic nitrogens is 1. The van der Waals surface area contributed by atoms with Crippen LogP contribution in [0.2, 0.25) is 0 Å². The molecule has 0 aliphatic carbocycles. The largest absolute Gasteiger partial charge is 0.418 e. The van der Waals surface area contributed by atoms with Gasteiger partial charge in [-0.15, -0.1) is 0 Å². The summed E-state index contributed by atoms with van der Waals surface area (Å²) in [6.45, 7) is 2.13. The van der Waals surface area contributed by atoms with Gasteiger partial charge in [0.25, 0.3) is 5.91 Å². The lowest BCUT2D eigenvalue weighted by Crippen LogP contribution is -2.59. The van der Waals surface area contributed by atoms with E-state index in [4.69, 9.17) is 0 Å². The van der Waals surface area contributed by atoms with Crippen molar-refractivity contribution in [2.75, 3.05) is 40.8 Å². The van der Waals surface area contributed by atoms with Gasteiger partial charge in [-0.05, 0) is 46.1 Å². The third-order valence-corrected chi connectivity index (χ3v) is 4.27. The summed E-state index contributed by atoms with van der Waals surface area (Å²) in [4.78, 5) is 20.3. The fourth-order valence-electron chi connectivity index (χ4n) is 3.09. The van der Waals surface area contributed by atoms with Gasteiger partial charge in [0.15, 0.2) is 0 Å². The first-order valence-corrected chi connectivity index (χ1v) is 7.81. The number of hydrogen-bond acceptors (Lipinski definition) is 4. The summed E-state index contributed by atoms with van der Waals surface area (Å²) >= 11 is 0. The number of likely N-dealkylation sites (tertiary alicyclic amines) is 1. The van der Waals surface area contributed by atoms with Crippen LogP contribution in [0.4, 0.5) is 13.2 Å². The molecular weight excluding hydrogens is 321 g/mol. The number of halogens is 3. The maximum Gasteiger partial charge on any atom is 0.418 e. The van der Waals surface area contributed by atoms with Gasteiger partial charge in [-0.2, -0.15) is 13.2 Å². The second kappa shape index (κ2) is 7.06. The van der Waals surface area contributed by atoms with Crippen LogP contribution in [0.15, 0.2) is 18.3 Å². The number of amides is 1. The average molecular weight is 344 g/mol. The molecule has 1 aromatic heterocycles. The summed E-state index contributed by atoms with van der Waals surface area (Å²) in [5, 5.41) is 2.84. The Labute approximate surface area is 139 Å². The number of alkyl halides is 3. The quantitative estimate of drug-likeness (QED) is 0.906. The summed E-state index contributed by atoms with van der Waals surface area (Å²) in [7, 11) is 5.75. The molecule has 8 heteroatoms. The predicted molar refractivity (Wildman–Crippen MR) is 84.7 cm³/mol. The van der Waals surface area contributed by atoms with E-state index < -0.39 is 28.9 Å². The zero-order chi connectivity index (χ0) is 18.0.